The minimum Gasteiger partial charge on any atom is -0.454 e. The number of rotatable bonds is 4. The molecule has 33 heavy (non-hydrogen) atoms. The van der Waals surface area contributed by atoms with Crippen molar-refractivity contribution in [3.8, 4) is 17.2 Å². The molecule has 0 saturated carbocycles. The minimum absolute atomic E-state index is 0.104. The molecule has 170 valence electrons. The number of ether oxygens (including phenoxy) is 2. The smallest absolute Gasteiger partial charge is 0.314 e. The number of carbonyl (C=O) groups excluding carboxylic acids is 2. The Morgan fingerprint density at radius 2 is 1.85 bits per heavy atom. The molecule has 5 rings (SSSR count). The number of nitrogens with one attached hydrogen (secondary N) is 2. The van der Waals surface area contributed by atoms with Crippen LogP contribution in [0.5, 0.6) is 11.5 Å². The van der Waals surface area contributed by atoms with E-state index in [0.717, 1.165) is 11.1 Å². The highest BCUT2D eigenvalue weighted by atomic mass is 32.2. The van der Waals surface area contributed by atoms with Gasteiger partial charge in [0.05, 0.1) is 22.9 Å². The van der Waals surface area contributed by atoms with Gasteiger partial charge in [0.1, 0.15) is 5.82 Å². The number of carbonyl (C=O) groups is 2. The summed E-state index contributed by atoms with van der Waals surface area (Å²) in [4.78, 5) is 25.2. The molecule has 0 saturated heterocycles. The zero-order chi connectivity index (χ0) is 23.2. The second-order valence-corrected chi connectivity index (χ2v) is 9.89. The Morgan fingerprint density at radius 1 is 1.06 bits per heavy atom. The van der Waals surface area contributed by atoms with Gasteiger partial charge in [-0.15, -0.1) is 0 Å². The van der Waals surface area contributed by atoms with E-state index in [-0.39, 0.29) is 30.7 Å². The Hall–Kier alpha value is -3.86. The van der Waals surface area contributed by atoms with Gasteiger partial charge in [0.25, 0.3) is 0 Å². The molecule has 0 fully saturated rings. The average molecular weight is 468 g/mol. The highest BCUT2D eigenvalue weighted by molar-refractivity contribution is 7.90. The maximum atomic E-state index is 12.7. The molecule has 2 aromatic carbocycles. The number of hydrogen-bond acceptors (Lipinski definition) is 7. The van der Waals surface area contributed by atoms with Crippen molar-refractivity contribution < 1.29 is 27.5 Å². The van der Waals surface area contributed by atoms with Gasteiger partial charge in [-0.25, -0.2) is 13.1 Å². The van der Waals surface area contributed by atoms with Gasteiger partial charge in [-0.2, -0.15) is 5.10 Å². The van der Waals surface area contributed by atoms with Crippen molar-refractivity contribution >= 4 is 27.5 Å². The SMILES string of the molecule is Cc1ccccc1-n1nc2c(c1NC(=O)C(=O)NCc1ccc3c(c1)OCO3)CS(=O)(=O)C2. The van der Waals surface area contributed by atoms with Gasteiger partial charge in [0.2, 0.25) is 6.79 Å². The lowest BCUT2D eigenvalue weighted by atomic mass is 10.2. The first-order chi connectivity index (χ1) is 15.8. The average Bonchev–Trinajstić information content (AvgIpc) is 3.45. The summed E-state index contributed by atoms with van der Waals surface area (Å²) in [6, 6.07) is 12.6. The second-order valence-electron chi connectivity index (χ2n) is 7.83. The molecule has 0 bridgehead atoms. The Balaban J connectivity index is 1.36. The third kappa shape index (κ3) is 4.02. The van der Waals surface area contributed by atoms with Crippen molar-refractivity contribution in [2.45, 2.75) is 25.0 Å². The number of aryl methyl sites for hydroxylation is 1. The minimum atomic E-state index is -3.35. The first-order valence-corrected chi connectivity index (χ1v) is 12.0. The molecule has 0 unspecified atom stereocenters. The number of sulfone groups is 1. The Bertz CT molecular complexity index is 1400. The number of hydrogen-bond donors (Lipinski definition) is 2. The lowest BCUT2D eigenvalue weighted by Crippen LogP contribution is -2.35. The van der Waals surface area contributed by atoms with Crippen LogP contribution in [0.1, 0.15) is 22.4 Å². The molecule has 0 spiro atoms. The number of benzene rings is 2. The molecule has 10 nitrogen and oxygen atoms in total. The third-order valence-electron chi connectivity index (χ3n) is 5.46. The van der Waals surface area contributed by atoms with E-state index < -0.39 is 21.7 Å². The fourth-order valence-electron chi connectivity index (χ4n) is 3.82. The molecule has 2 N–H and O–H groups in total. The van der Waals surface area contributed by atoms with Crippen LogP contribution in [-0.2, 0) is 37.5 Å². The monoisotopic (exact) mass is 468 g/mol. The van der Waals surface area contributed by atoms with Gasteiger partial charge < -0.3 is 20.1 Å². The Morgan fingerprint density at radius 3 is 2.67 bits per heavy atom. The lowest BCUT2D eigenvalue weighted by molar-refractivity contribution is -0.136. The maximum absolute atomic E-state index is 12.7. The van der Waals surface area contributed by atoms with Crippen LogP contribution in [0, 0.1) is 6.92 Å². The van der Waals surface area contributed by atoms with Crippen molar-refractivity contribution in [1.29, 1.82) is 0 Å². The summed E-state index contributed by atoms with van der Waals surface area (Å²) < 4.78 is 36.3. The molecule has 3 aromatic rings. The molecule has 2 amide bonds. The highest BCUT2D eigenvalue weighted by Crippen LogP contribution is 2.34. The van der Waals surface area contributed by atoms with Gasteiger partial charge in [0.15, 0.2) is 21.3 Å². The summed E-state index contributed by atoms with van der Waals surface area (Å²) in [5, 5.41) is 9.56. The summed E-state index contributed by atoms with van der Waals surface area (Å²) in [7, 11) is -3.35. The van der Waals surface area contributed by atoms with E-state index in [2.05, 4.69) is 15.7 Å². The number of para-hydroxylation sites is 1. The first kappa shape index (κ1) is 21.0. The standard InChI is InChI=1S/C22H20N4O6S/c1-13-4-2-3-5-17(13)26-20(15-10-33(29,30)11-16(15)25-26)24-22(28)21(27)23-9-14-6-7-18-19(8-14)32-12-31-18/h2-8H,9-12H2,1H3,(H,23,27)(H,24,28). The number of aromatic nitrogens is 2. The number of fused-ring (bicyclic) bond motifs is 2. The van der Waals surface area contributed by atoms with Crippen LogP contribution in [0.25, 0.3) is 5.69 Å². The number of anilines is 1. The zero-order valence-corrected chi connectivity index (χ0v) is 18.4. The van der Waals surface area contributed by atoms with E-state index in [0.29, 0.717) is 28.4 Å². The van der Waals surface area contributed by atoms with Crippen LogP contribution in [0.3, 0.4) is 0 Å². The number of amides is 2. The highest BCUT2D eigenvalue weighted by Gasteiger charge is 2.34. The Kier molecular flexibility index (Phi) is 5.05. The van der Waals surface area contributed by atoms with Crippen molar-refractivity contribution in [2.75, 3.05) is 12.1 Å². The normalized spacial score (nSPS) is 15.2. The molecule has 1 aromatic heterocycles. The van der Waals surface area contributed by atoms with E-state index in [4.69, 9.17) is 9.47 Å². The van der Waals surface area contributed by atoms with Crippen molar-refractivity contribution in [3.05, 3.63) is 64.8 Å². The zero-order valence-electron chi connectivity index (χ0n) is 17.6. The maximum Gasteiger partial charge on any atom is 0.314 e. The number of nitrogens with zero attached hydrogens (tertiary/aromatic N) is 2. The van der Waals surface area contributed by atoms with E-state index >= 15 is 0 Å². The van der Waals surface area contributed by atoms with Gasteiger partial charge in [0, 0.05) is 12.1 Å². The van der Waals surface area contributed by atoms with Gasteiger partial charge >= 0.3 is 11.8 Å². The van der Waals surface area contributed by atoms with E-state index in [9.17, 15) is 18.0 Å². The van der Waals surface area contributed by atoms with Crippen LogP contribution in [0.2, 0.25) is 0 Å². The molecule has 0 atom stereocenters. The molecule has 2 aliphatic heterocycles. The fourth-order valence-corrected chi connectivity index (χ4v) is 5.32. The first-order valence-electron chi connectivity index (χ1n) is 10.2. The molecule has 0 aliphatic carbocycles. The lowest BCUT2D eigenvalue weighted by Gasteiger charge is -2.13. The summed E-state index contributed by atoms with van der Waals surface area (Å²) in [6.45, 7) is 2.12. The molecule has 11 heteroatoms. The molecular formula is C22H20N4O6S. The van der Waals surface area contributed by atoms with Crippen molar-refractivity contribution in [3.63, 3.8) is 0 Å². The predicted molar refractivity (Wildman–Crippen MR) is 118 cm³/mol. The van der Waals surface area contributed by atoms with Crippen LogP contribution in [0.4, 0.5) is 5.82 Å². The van der Waals surface area contributed by atoms with Crippen molar-refractivity contribution in [2.24, 2.45) is 0 Å². The third-order valence-corrected chi connectivity index (χ3v) is 6.90. The summed E-state index contributed by atoms with van der Waals surface area (Å²) in [6.07, 6.45) is 0. The largest absolute Gasteiger partial charge is 0.454 e. The molecular weight excluding hydrogens is 448 g/mol. The van der Waals surface area contributed by atoms with Crippen LogP contribution in [0.15, 0.2) is 42.5 Å². The van der Waals surface area contributed by atoms with Gasteiger partial charge in [-0.3, -0.25) is 9.59 Å². The van der Waals surface area contributed by atoms with E-state index in [1.807, 2.05) is 25.1 Å². The van der Waals surface area contributed by atoms with Gasteiger partial charge in [-0.05, 0) is 36.2 Å². The van der Waals surface area contributed by atoms with Crippen LogP contribution >= 0.6 is 0 Å². The Labute approximate surface area is 189 Å². The summed E-state index contributed by atoms with van der Waals surface area (Å²) in [5.41, 5.74) is 3.06. The molecule has 3 heterocycles. The van der Waals surface area contributed by atoms with Crippen LogP contribution < -0.4 is 20.1 Å². The predicted octanol–water partition coefficient (Wildman–Crippen LogP) is 1.59. The summed E-state index contributed by atoms with van der Waals surface area (Å²) in [5.74, 6) is -0.856. The quantitative estimate of drug-likeness (QED) is 0.557. The van der Waals surface area contributed by atoms with Crippen molar-refractivity contribution in [1.82, 2.24) is 15.1 Å². The summed E-state index contributed by atoms with van der Waals surface area (Å²) >= 11 is 0. The van der Waals surface area contributed by atoms with Crippen LogP contribution in [-0.4, -0.2) is 36.8 Å². The molecule has 2 aliphatic rings. The van der Waals surface area contributed by atoms with E-state index in [1.165, 1.54) is 4.68 Å². The second kappa shape index (κ2) is 7.93. The van der Waals surface area contributed by atoms with E-state index in [1.54, 1.807) is 24.3 Å². The fraction of sp³-hybridized carbons (Fsp3) is 0.227. The van der Waals surface area contributed by atoms with Gasteiger partial charge in [-0.1, -0.05) is 24.3 Å². The molecule has 0 radical (unpaired) electrons. The topological polar surface area (TPSA) is 129 Å².